The Morgan fingerprint density at radius 2 is 2.00 bits per heavy atom. The van der Waals surface area contributed by atoms with Gasteiger partial charge in [0.25, 0.3) is 0 Å². The zero-order valence-corrected chi connectivity index (χ0v) is 11.5. The van der Waals surface area contributed by atoms with Gasteiger partial charge in [-0.25, -0.2) is 15.8 Å². The van der Waals surface area contributed by atoms with E-state index in [0.717, 1.165) is 42.0 Å². The van der Waals surface area contributed by atoms with E-state index in [1.807, 2.05) is 13.8 Å². The van der Waals surface area contributed by atoms with Gasteiger partial charge in [-0.1, -0.05) is 6.92 Å². The number of anilines is 2. The van der Waals surface area contributed by atoms with Crippen molar-refractivity contribution in [2.45, 2.75) is 40.0 Å². The number of aryl methyl sites for hydroxylation is 1. The van der Waals surface area contributed by atoms with Crippen LogP contribution in [0.15, 0.2) is 0 Å². The third-order valence-electron chi connectivity index (χ3n) is 3.68. The van der Waals surface area contributed by atoms with Crippen molar-refractivity contribution >= 4 is 11.6 Å². The molecule has 1 saturated heterocycles. The van der Waals surface area contributed by atoms with Crippen molar-refractivity contribution in [2.75, 3.05) is 23.4 Å². The second-order valence-corrected chi connectivity index (χ2v) is 5.24. The Kier molecular flexibility index (Phi) is 4.01. The molecule has 18 heavy (non-hydrogen) atoms. The van der Waals surface area contributed by atoms with Gasteiger partial charge in [-0.05, 0) is 39.0 Å². The Hall–Kier alpha value is -1.36. The Bertz CT molecular complexity index is 418. The van der Waals surface area contributed by atoms with Crippen LogP contribution < -0.4 is 16.2 Å². The van der Waals surface area contributed by atoms with Crippen molar-refractivity contribution in [1.82, 2.24) is 9.97 Å². The van der Waals surface area contributed by atoms with Crippen LogP contribution >= 0.6 is 0 Å². The minimum atomic E-state index is 0.731. The zero-order valence-electron chi connectivity index (χ0n) is 11.5. The van der Waals surface area contributed by atoms with E-state index in [9.17, 15) is 0 Å². The van der Waals surface area contributed by atoms with Gasteiger partial charge in [0, 0.05) is 18.7 Å². The van der Waals surface area contributed by atoms with Crippen LogP contribution in [0.1, 0.15) is 37.6 Å². The maximum atomic E-state index is 5.51. The highest BCUT2D eigenvalue weighted by Crippen LogP contribution is 2.26. The predicted octanol–water partition coefficient (Wildman–Crippen LogP) is 2.01. The monoisotopic (exact) mass is 249 g/mol. The van der Waals surface area contributed by atoms with Crippen molar-refractivity contribution < 1.29 is 0 Å². The molecule has 0 aliphatic carbocycles. The average Bonchev–Trinajstić information content (AvgIpc) is 2.56. The Morgan fingerprint density at radius 3 is 2.72 bits per heavy atom. The fourth-order valence-electron chi connectivity index (χ4n) is 2.54. The first-order chi connectivity index (χ1) is 8.61. The number of rotatable bonds is 2. The molecule has 0 aromatic carbocycles. The summed E-state index contributed by atoms with van der Waals surface area (Å²) in [6.45, 7) is 8.41. The van der Waals surface area contributed by atoms with Crippen LogP contribution in [0, 0.1) is 19.8 Å². The molecule has 1 aliphatic rings. The number of hydrogen-bond donors (Lipinski definition) is 2. The SMILES string of the molecule is Cc1nc(NN)c(C)c(N2CCCC(C)CC2)n1. The molecule has 0 amide bonds. The summed E-state index contributed by atoms with van der Waals surface area (Å²) in [6, 6.07) is 0. The minimum Gasteiger partial charge on any atom is -0.356 e. The van der Waals surface area contributed by atoms with E-state index in [4.69, 9.17) is 5.84 Å². The lowest BCUT2D eigenvalue weighted by Crippen LogP contribution is -2.27. The van der Waals surface area contributed by atoms with Gasteiger partial charge in [0.15, 0.2) is 0 Å². The number of hydrogen-bond acceptors (Lipinski definition) is 5. The van der Waals surface area contributed by atoms with E-state index in [0.29, 0.717) is 0 Å². The first-order valence-electron chi connectivity index (χ1n) is 6.68. The lowest BCUT2D eigenvalue weighted by molar-refractivity contribution is 0.521. The molecule has 1 aromatic rings. The second kappa shape index (κ2) is 5.52. The van der Waals surface area contributed by atoms with Crippen LogP contribution in [-0.4, -0.2) is 23.1 Å². The molecule has 1 fully saturated rings. The summed E-state index contributed by atoms with van der Waals surface area (Å²) >= 11 is 0. The normalized spacial score (nSPS) is 20.7. The van der Waals surface area contributed by atoms with Gasteiger partial charge in [-0.15, -0.1) is 0 Å². The molecule has 1 aliphatic heterocycles. The van der Waals surface area contributed by atoms with Gasteiger partial charge >= 0.3 is 0 Å². The quantitative estimate of drug-likeness (QED) is 0.620. The van der Waals surface area contributed by atoms with Crippen LogP contribution in [0.5, 0.6) is 0 Å². The van der Waals surface area contributed by atoms with Crippen LogP contribution in [0.3, 0.4) is 0 Å². The van der Waals surface area contributed by atoms with Gasteiger partial charge in [0.1, 0.15) is 17.5 Å². The molecule has 1 atom stereocenters. The number of nitrogens with two attached hydrogens (primary N) is 1. The first kappa shape index (κ1) is 13.1. The number of nitrogen functional groups attached to an aromatic ring is 1. The number of nitrogens with one attached hydrogen (secondary N) is 1. The zero-order chi connectivity index (χ0) is 13.1. The van der Waals surface area contributed by atoms with E-state index in [-0.39, 0.29) is 0 Å². The van der Waals surface area contributed by atoms with Crippen molar-refractivity contribution in [3.8, 4) is 0 Å². The molecule has 2 heterocycles. The maximum absolute atomic E-state index is 5.51. The van der Waals surface area contributed by atoms with Gasteiger partial charge in [0.05, 0.1) is 0 Å². The largest absolute Gasteiger partial charge is 0.356 e. The number of aromatic nitrogens is 2. The predicted molar refractivity (Wildman–Crippen MR) is 74.5 cm³/mol. The molecule has 5 heteroatoms. The van der Waals surface area contributed by atoms with E-state index >= 15 is 0 Å². The van der Waals surface area contributed by atoms with E-state index in [1.165, 1.54) is 19.3 Å². The van der Waals surface area contributed by atoms with Crippen LogP contribution in [0.4, 0.5) is 11.6 Å². The second-order valence-electron chi connectivity index (χ2n) is 5.24. The van der Waals surface area contributed by atoms with Gasteiger partial charge in [-0.2, -0.15) is 0 Å². The molecule has 0 bridgehead atoms. The topological polar surface area (TPSA) is 67.1 Å². The van der Waals surface area contributed by atoms with Crippen molar-refractivity contribution in [3.63, 3.8) is 0 Å². The van der Waals surface area contributed by atoms with Crippen LogP contribution in [0.25, 0.3) is 0 Å². The van der Waals surface area contributed by atoms with Crippen molar-refractivity contribution in [3.05, 3.63) is 11.4 Å². The molecule has 100 valence electrons. The molecule has 1 aromatic heterocycles. The summed E-state index contributed by atoms with van der Waals surface area (Å²) in [5, 5.41) is 0. The number of nitrogens with zero attached hydrogens (tertiary/aromatic N) is 3. The molecule has 2 rings (SSSR count). The molecular formula is C13H23N5. The van der Waals surface area contributed by atoms with Crippen LogP contribution in [-0.2, 0) is 0 Å². The maximum Gasteiger partial charge on any atom is 0.148 e. The van der Waals surface area contributed by atoms with Crippen LogP contribution in [0.2, 0.25) is 0 Å². The highest BCUT2D eigenvalue weighted by Gasteiger charge is 2.18. The van der Waals surface area contributed by atoms with Crippen molar-refractivity contribution in [1.29, 1.82) is 0 Å². The fraction of sp³-hybridized carbons (Fsp3) is 0.692. The summed E-state index contributed by atoms with van der Waals surface area (Å²) in [5.74, 6) is 8.85. The van der Waals surface area contributed by atoms with E-state index < -0.39 is 0 Å². The summed E-state index contributed by atoms with van der Waals surface area (Å²) < 4.78 is 0. The molecular weight excluding hydrogens is 226 g/mol. The lowest BCUT2D eigenvalue weighted by atomic mass is 10.0. The third-order valence-corrected chi connectivity index (χ3v) is 3.68. The highest BCUT2D eigenvalue weighted by molar-refractivity contribution is 5.58. The molecule has 0 saturated carbocycles. The summed E-state index contributed by atoms with van der Waals surface area (Å²) in [7, 11) is 0. The smallest absolute Gasteiger partial charge is 0.148 e. The molecule has 0 radical (unpaired) electrons. The van der Waals surface area contributed by atoms with Crippen molar-refractivity contribution in [2.24, 2.45) is 11.8 Å². The summed E-state index contributed by atoms with van der Waals surface area (Å²) in [6.07, 6.45) is 3.77. The Morgan fingerprint density at radius 1 is 1.22 bits per heavy atom. The summed E-state index contributed by atoms with van der Waals surface area (Å²) in [5.41, 5.74) is 3.70. The van der Waals surface area contributed by atoms with Gasteiger partial charge < -0.3 is 10.3 Å². The molecule has 0 spiro atoms. The lowest BCUT2D eigenvalue weighted by Gasteiger charge is -2.24. The van der Waals surface area contributed by atoms with E-state index in [2.05, 4.69) is 27.2 Å². The highest BCUT2D eigenvalue weighted by atomic mass is 15.3. The molecule has 3 N–H and O–H groups in total. The fourth-order valence-corrected chi connectivity index (χ4v) is 2.54. The average molecular weight is 249 g/mol. The molecule has 5 nitrogen and oxygen atoms in total. The Labute approximate surface area is 109 Å². The first-order valence-corrected chi connectivity index (χ1v) is 6.68. The third kappa shape index (κ3) is 2.72. The van der Waals surface area contributed by atoms with Gasteiger partial charge in [0.2, 0.25) is 0 Å². The summed E-state index contributed by atoms with van der Waals surface area (Å²) in [4.78, 5) is 11.3. The standard InChI is InChI=1S/C13H23N5/c1-9-5-4-7-18(8-6-9)13-10(2)12(17-14)15-11(3)16-13/h9H,4-8,14H2,1-3H3,(H,15,16,17). The molecule has 1 unspecified atom stereocenters. The number of hydrazine groups is 1. The Balaban J connectivity index is 2.29. The van der Waals surface area contributed by atoms with E-state index in [1.54, 1.807) is 0 Å². The van der Waals surface area contributed by atoms with Gasteiger partial charge in [-0.3, -0.25) is 0 Å². The minimum absolute atomic E-state index is 0.731.